The second-order valence-electron chi connectivity index (χ2n) is 4.20. The van der Waals surface area contributed by atoms with Crippen molar-refractivity contribution in [2.45, 2.75) is 31.7 Å². The fourth-order valence-electron chi connectivity index (χ4n) is 2.01. The lowest BCUT2D eigenvalue weighted by atomic mass is 10.2. The Morgan fingerprint density at radius 1 is 1.24 bits per heavy atom. The van der Waals surface area contributed by atoms with Crippen molar-refractivity contribution in [1.82, 2.24) is 5.32 Å². The maximum Gasteiger partial charge on any atom is 0.319 e. The molecule has 2 rings (SSSR count). The van der Waals surface area contributed by atoms with Crippen molar-refractivity contribution in [3.8, 4) is 0 Å². The minimum absolute atomic E-state index is 0.138. The molecule has 92 valence electrons. The van der Waals surface area contributed by atoms with E-state index in [2.05, 4.69) is 10.6 Å². The highest BCUT2D eigenvalue weighted by atomic mass is 19.1. The van der Waals surface area contributed by atoms with Crippen LogP contribution >= 0.6 is 0 Å². The van der Waals surface area contributed by atoms with Gasteiger partial charge in [-0.15, -0.1) is 0 Å². The van der Waals surface area contributed by atoms with Crippen molar-refractivity contribution in [3.63, 3.8) is 0 Å². The highest BCUT2D eigenvalue weighted by Crippen LogP contribution is 2.18. The summed E-state index contributed by atoms with van der Waals surface area (Å²) < 4.78 is 26.1. The molecule has 0 radical (unpaired) electrons. The van der Waals surface area contributed by atoms with Gasteiger partial charge in [0, 0.05) is 12.1 Å². The van der Waals surface area contributed by atoms with Gasteiger partial charge in [-0.3, -0.25) is 0 Å². The summed E-state index contributed by atoms with van der Waals surface area (Å²) in [5.41, 5.74) is -0.138. The van der Waals surface area contributed by atoms with E-state index in [1.54, 1.807) is 0 Å². The van der Waals surface area contributed by atoms with E-state index in [0.717, 1.165) is 43.9 Å². The number of carbonyl (C=O) groups excluding carboxylic acids is 1. The van der Waals surface area contributed by atoms with Crippen LogP contribution in [-0.2, 0) is 0 Å². The Morgan fingerprint density at radius 2 is 1.94 bits per heavy atom. The van der Waals surface area contributed by atoms with Gasteiger partial charge in [-0.05, 0) is 25.0 Å². The molecule has 1 aliphatic carbocycles. The lowest BCUT2D eigenvalue weighted by Crippen LogP contribution is -2.36. The van der Waals surface area contributed by atoms with Crippen LogP contribution in [-0.4, -0.2) is 12.1 Å². The third-order valence-corrected chi connectivity index (χ3v) is 2.87. The maximum absolute atomic E-state index is 13.2. The molecule has 1 saturated carbocycles. The minimum atomic E-state index is -0.645. The number of carbonyl (C=O) groups is 1. The summed E-state index contributed by atoms with van der Waals surface area (Å²) in [5, 5.41) is 5.05. The monoisotopic (exact) mass is 240 g/mol. The van der Waals surface area contributed by atoms with Crippen LogP contribution in [0, 0.1) is 11.6 Å². The third kappa shape index (κ3) is 3.15. The molecule has 1 fully saturated rings. The fraction of sp³-hybridized carbons (Fsp3) is 0.417. The van der Waals surface area contributed by atoms with E-state index < -0.39 is 17.7 Å². The SMILES string of the molecule is O=C(Nc1cc(F)ccc1F)NC1CCCC1. The fourth-order valence-corrected chi connectivity index (χ4v) is 2.01. The molecule has 0 spiro atoms. The summed E-state index contributed by atoms with van der Waals surface area (Å²) in [7, 11) is 0. The molecule has 1 aliphatic rings. The van der Waals surface area contributed by atoms with Crippen molar-refractivity contribution < 1.29 is 13.6 Å². The molecule has 0 atom stereocenters. The number of hydrogen-bond donors (Lipinski definition) is 2. The Balaban J connectivity index is 1.95. The quantitative estimate of drug-likeness (QED) is 0.819. The molecule has 0 saturated heterocycles. The Labute approximate surface area is 98.2 Å². The highest BCUT2D eigenvalue weighted by Gasteiger charge is 2.17. The Bertz CT molecular complexity index is 417. The van der Waals surface area contributed by atoms with E-state index in [4.69, 9.17) is 0 Å². The lowest BCUT2D eigenvalue weighted by Gasteiger charge is -2.13. The minimum Gasteiger partial charge on any atom is -0.335 e. The van der Waals surface area contributed by atoms with Gasteiger partial charge in [0.25, 0.3) is 0 Å². The number of hydrogen-bond acceptors (Lipinski definition) is 1. The summed E-state index contributed by atoms with van der Waals surface area (Å²) in [6.45, 7) is 0. The number of amides is 2. The zero-order valence-corrected chi connectivity index (χ0v) is 9.30. The molecule has 1 aromatic carbocycles. The van der Waals surface area contributed by atoms with Crippen molar-refractivity contribution in [2.24, 2.45) is 0 Å². The van der Waals surface area contributed by atoms with Crippen LogP contribution < -0.4 is 10.6 Å². The average molecular weight is 240 g/mol. The predicted octanol–water partition coefficient (Wildman–Crippen LogP) is 3.03. The van der Waals surface area contributed by atoms with E-state index in [0.29, 0.717) is 0 Å². The summed E-state index contributed by atoms with van der Waals surface area (Å²) in [5.74, 6) is -1.23. The van der Waals surface area contributed by atoms with Gasteiger partial charge < -0.3 is 10.6 Å². The smallest absolute Gasteiger partial charge is 0.319 e. The highest BCUT2D eigenvalue weighted by molar-refractivity contribution is 5.89. The van der Waals surface area contributed by atoms with Gasteiger partial charge in [-0.2, -0.15) is 0 Å². The first kappa shape index (κ1) is 11.8. The number of halogens is 2. The lowest BCUT2D eigenvalue weighted by molar-refractivity contribution is 0.248. The molecule has 0 aromatic heterocycles. The Kier molecular flexibility index (Phi) is 3.56. The van der Waals surface area contributed by atoms with Gasteiger partial charge in [0.1, 0.15) is 11.6 Å². The number of benzene rings is 1. The summed E-state index contributed by atoms with van der Waals surface area (Å²) in [6.07, 6.45) is 4.08. The molecule has 1 aromatic rings. The first-order valence-corrected chi connectivity index (χ1v) is 5.68. The number of nitrogens with one attached hydrogen (secondary N) is 2. The van der Waals surface area contributed by atoms with E-state index in [-0.39, 0.29) is 11.7 Å². The first-order valence-electron chi connectivity index (χ1n) is 5.68. The van der Waals surface area contributed by atoms with E-state index >= 15 is 0 Å². The summed E-state index contributed by atoms with van der Waals surface area (Å²) in [6, 6.07) is 2.62. The van der Waals surface area contributed by atoms with Crippen LogP contribution in [0.25, 0.3) is 0 Å². The molecule has 0 heterocycles. The Hall–Kier alpha value is -1.65. The standard InChI is InChI=1S/C12H14F2N2O/c13-8-5-6-10(14)11(7-8)16-12(17)15-9-3-1-2-4-9/h5-7,9H,1-4H2,(H2,15,16,17). The van der Waals surface area contributed by atoms with Crippen LogP contribution in [0.3, 0.4) is 0 Å². The van der Waals surface area contributed by atoms with Crippen molar-refractivity contribution >= 4 is 11.7 Å². The Morgan fingerprint density at radius 3 is 2.65 bits per heavy atom. The molecule has 0 aliphatic heterocycles. The van der Waals surface area contributed by atoms with Gasteiger partial charge >= 0.3 is 6.03 Å². The number of rotatable bonds is 2. The van der Waals surface area contributed by atoms with Crippen LogP contribution in [0.15, 0.2) is 18.2 Å². The molecule has 0 bridgehead atoms. The van der Waals surface area contributed by atoms with Gasteiger partial charge in [-0.1, -0.05) is 12.8 Å². The zero-order chi connectivity index (χ0) is 12.3. The summed E-state index contributed by atoms with van der Waals surface area (Å²) >= 11 is 0. The van der Waals surface area contributed by atoms with Gasteiger partial charge in [0.05, 0.1) is 5.69 Å². The van der Waals surface area contributed by atoms with E-state index in [9.17, 15) is 13.6 Å². The average Bonchev–Trinajstić information content (AvgIpc) is 2.76. The van der Waals surface area contributed by atoms with Gasteiger partial charge in [0.2, 0.25) is 0 Å². The summed E-state index contributed by atoms with van der Waals surface area (Å²) in [4.78, 5) is 11.5. The van der Waals surface area contributed by atoms with Crippen LogP contribution in [0.4, 0.5) is 19.3 Å². The normalized spacial score (nSPS) is 15.9. The second kappa shape index (κ2) is 5.12. The molecular formula is C12H14F2N2O. The van der Waals surface area contributed by atoms with Crippen LogP contribution in [0.5, 0.6) is 0 Å². The number of anilines is 1. The second-order valence-corrected chi connectivity index (χ2v) is 4.20. The predicted molar refractivity (Wildman–Crippen MR) is 60.8 cm³/mol. The molecule has 0 unspecified atom stereocenters. The van der Waals surface area contributed by atoms with E-state index in [1.165, 1.54) is 0 Å². The number of urea groups is 1. The van der Waals surface area contributed by atoms with Gasteiger partial charge in [0.15, 0.2) is 0 Å². The van der Waals surface area contributed by atoms with Crippen LogP contribution in [0.1, 0.15) is 25.7 Å². The third-order valence-electron chi connectivity index (χ3n) is 2.87. The van der Waals surface area contributed by atoms with Crippen LogP contribution in [0.2, 0.25) is 0 Å². The molecule has 2 N–H and O–H groups in total. The molecule has 5 heteroatoms. The van der Waals surface area contributed by atoms with Crippen molar-refractivity contribution in [2.75, 3.05) is 5.32 Å². The van der Waals surface area contributed by atoms with E-state index in [1.807, 2.05) is 0 Å². The molecule has 3 nitrogen and oxygen atoms in total. The van der Waals surface area contributed by atoms with Gasteiger partial charge in [-0.25, -0.2) is 13.6 Å². The van der Waals surface area contributed by atoms with Crippen molar-refractivity contribution in [3.05, 3.63) is 29.8 Å². The van der Waals surface area contributed by atoms with Crippen molar-refractivity contribution in [1.29, 1.82) is 0 Å². The largest absolute Gasteiger partial charge is 0.335 e. The molecule has 17 heavy (non-hydrogen) atoms. The molecule has 2 amide bonds. The molecular weight excluding hydrogens is 226 g/mol. The first-order chi connectivity index (χ1) is 8.15. The topological polar surface area (TPSA) is 41.1 Å². The zero-order valence-electron chi connectivity index (χ0n) is 9.30. The maximum atomic E-state index is 13.2.